The number of hydrogen-bond acceptors (Lipinski definition) is 6. The zero-order valence-corrected chi connectivity index (χ0v) is 20.4. The van der Waals surface area contributed by atoms with Crippen molar-refractivity contribution in [3.63, 3.8) is 0 Å². The van der Waals surface area contributed by atoms with E-state index in [1.54, 1.807) is 42.3 Å². The Hall–Kier alpha value is -3.18. The highest BCUT2D eigenvalue weighted by Gasteiger charge is 1.74. The van der Waals surface area contributed by atoms with Crippen LogP contribution < -0.4 is 31.9 Å². The van der Waals surface area contributed by atoms with Gasteiger partial charge in [-0.3, -0.25) is 28.8 Å². The lowest BCUT2D eigenvalue weighted by Gasteiger charge is -1.80. The maximum Gasteiger partial charge on any atom is 0.216 e. The standard InChI is InChI=1S/6C3H7NO/c6*1-3(5)4-2/h6*1-2H3,(H,4,5). The van der Waals surface area contributed by atoms with Crippen molar-refractivity contribution in [1.82, 2.24) is 31.9 Å². The molecule has 0 aliphatic carbocycles. The summed E-state index contributed by atoms with van der Waals surface area (Å²) in [5.74, 6) is 0.0278. The number of nitrogens with one attached hydrogen (secondary N) is 6. The molecule has 30 heavy (non-hydrogen) atoms. The minimum atomic E-state index is 0.00463. The predicted molar refractivity (Wildman–Crippen MR) is 118 cm³/mol. The highest BCUT2D eigenvalue weighted by Crippen LogP contribution is 1.47. The van der Waals surface area contributed by atoms with E-state index in [4.69, 9.17) is 0 Å². The average molecular weight is 439 g/mol. The second-order valence-corrected chi connectivity index (χ2v) is 4.84. The summed E-state index contributed by atoms with van der Waals surface area (Å²) in [7, 11) is 9.60. The van der Waals surface area contributed by atoms with E-state index in [1.807, 2.05) is 0 Å². The van der Waals surface area contributed by atoms with Crippen LogP contribution in [0.25, 0.3) is 0 Å². The second-order valence-electron chi connectivity index (χ2n) is 4.84. The molecule has 6 N–H and O–H groups in total. The van der Waals surface area contributed by atoms with E-state index in [0.717, 1.165) is 0 Å². The van der Waals surface area contributed by atoms with Crippen molar-refractivity contribution in [2.75, 3.05) is 42.3 Å². The smallest absolute Gasteiger partial charge is 0.216 e. The third-order valence-corrected chi connectivity index (χ3v) is 2.11. The Morgan fingerprint density at radius 1 is 0.300 bits per heavy atom. The molecule has 0 atom stereocenters. The molecule has 0 fully saturated rings. The van der Waals surface area contributed by atoms with Crippen LogP contribution in [0.2, 0.25) is 0 Å². The Balaban J connectivity index is -0.0000000576. The minimum Gasteiger partial charge on any atom is -0.359 e. The molecule has 0 heterocycles. The number of hydrogen-bond donors (Lipinski definition) is 6. The van der Waals surface area contributed by atoms with Crippen LogP contribution in [0.5, 0.6) is 0 Å². The minimum absolute atomic E-state index is 0.00463. The second kappa shape index (κ2) is 36.7. The van der Waals surface area contributed by atoms with E-state index in [9.17, 15) is 28.8 Å². The molecule has 12 heteroatoms. The fourth-order valence-corrected chi connectivity index (χ4v) is 0. The first-order valence-electron chi connectivity index (χ1n) is 8.72. The topological polar surface area (TPSA) is 175 Å². The number of rotatable bonds is 0. The lowest BCUT2D eigenvalue weighted by atomic mass is 10.7. The molecule has 6 amide bonds. The zero-order chi connectivity index (χ0) is 25.7. The lowest BCUT2D eigenvalue weighted by Crippen LogP contribution is -2.11. The summed E-state index contributed by atoms with van der Waals surface area (Å²) < 4.78 is 0. The van der Waals surface area contributed by atoms with Gasteiger partial charge < -0.3 is 31.9 Å². The summed E-state index contributed by atoms with van der Waals surface area (Å²) in [6.07, 6.45) is 0. The quantitative estimate of drug-likeness (QED) is 0.269. The van der Waals surface area contributed by atoms with Gasteiger partial charge >= 0.3 is 0 Å². The summed E-state index contributed by atoms with van der Waals surface area (Å²) in [4.78, 5) is 58.2. The Bertz CT molecular complexity index is 362. The predicted octanol–water partition coefficient (Wildman–Crippen LogP) is -1.49. The third kappa shape index (κ3) is 181. The van der Waals surface area contributed by atoms with Gasteiger partial charge in [-0.25, -0.2) is 0 Å². The summed E-state index contributed by atoms with van der Waals surface area (Å²) in [6, 6.07) is 0. The van der Waals surface area contributed by atoms with Crippen molar-refractivity contribution in [3.05, 3.63) is 0 Å². The molecule has 12 nitrogen and oxygen atoms in total. The van der Waals surface area contributed by atoms with Gasteiger partial charge in [0.1, 0.15) is 0 Å². The van der Waals surface area contributed by atoms with Gasteiger partial charge in [-0.1, -0.05) is 0 Å². The van der Waals surface area contributed by atoms with E-state index in [1.165, 1.54) is 41.5 Å². The summed E-state index contributed by atoms with van der Waals surface area (Å²) >= 11 is 0. The molecule has 0 aliphatic rings. The van der Waals surface area contributed by atoms with Crippen LogP contribution in [0.4, 0.5) is 0 Å². The van der Waals surface area contributed by atoms with Crippen LogP contribution in [0.15, 0.2) is 0 Å². The number of carbonyl (C=O) groups excluding carboxylic acids is 6. The highest BCUT2D eigenvalue weighted by atomic mass is 16.2. The first-order chi connectivity index (χ1) is 13.6. The van der Waals surface area contributed by atoms with E-state index < -0.39 is 0 Å². The normalized spacial score (nSPS) is 6.80. The molecule has 0 rings (SSSR count). The molecule has 180 valence electrons. The molecule has 0 radical (unpaired) electrons. The van der Waals surface area contributed by atoms with Crippen molar-refractivity contribution < 1.29 is 28.8 Å². The fourth-order valence-electron chi connectivity index (χ4n) is 0. The Morgan fingerprint density at radius 3 is 0.333 bits per heavy atom. The fraction of sp³-hybridized carbons (Fsp3) is 0.667. The first kappa shape index (κ1) is 41.2. The van der Waals surface area contributed by atoms with E-state index in [0.29, 0.717) is 0 Å². The van der Waals surface area contributed by atoms with Gasteiger partial charge in [0.15, 0.2) is 0 Å². The molecule has 0 aromatic rings. The number of amides is 6. The SMILES string of the molecule is CNC(C)=O.CNC(C)=O.CNC(C)=O.CNC(C)=O.CNC(C)=O.CNC(C)=O. The van der Waals surface area contributed by atoms with Gasteiger partial charge in [0.2, 0.25) is 35.4 Å². The average Bonchev–Trinajstić information content (AvgIpc) is 2.69. The van der Waals surface area contributed by atoms with Crippen LogP contribution >= 0.6 is 0 Å². The Kier molecular flexibility index (Phi) is 50.5. The van der Waals surface area contributed by atoms with Crippen LogP contribution in [0.3, 0.4) is 0 Å². The van der Waals surface area contributed by atoms with E-state index >= 15 is 0 Å². The molecule has 0 spiro atoms. The Labute approximate surface area is 180 Å². The zero-order valence-electron chi connectivity index (χ0n) is 20.4. The first-order valence-corrected chi connectivity index (χ1v) is 8.72. The van der Waals surface area contributed by atoms with Gasteiger partial charge in [0.05, 0.1) is 0 Å². The van der Waals surface area contributed by atoms with Gasteiger partial charge in [-0.2, -0.15) is 0 Å². The van der Waals surface area contributed by atoms with Crippen LogP contribution in [-0.4, -0.2) is 77.7 Å². The summed E-state index contributed by atoms with van der Waals surface area (Å²) in [5.41, 5.74) is 0. The molecular formula is C18H42N6O6. The van der Waals surface area contributed by atoms with Crippen molar-refractivity contribution >= 4 is 35.4 Å². The van der Waals surface area contributed by atoms with Crippen LogP contribution in [-0.2, 0) is 28.8 Å². The maximum absolute atomic E-state index is 9.70. The van der Waals surface area contributed by atoms with Crippen LogP contribution in [0.1, 0.15) is 41.5 Å². The summed E-state index contributed by atoms with van der Waals surface area (Å²) in [5, 5.41) is 14.3. The van der Waals surface area contributed by atoms with Gasteiger partial charge in [0.25, 0.3) is 0 Å². The van der Waals surface area contributed by atoms with Crippen molar-refractivity contribution in [3.8, 4) is 0 Å². The largest absolute Gasteiger partial charge is 0.359 e. The lowest BCUT2D eigenvalue weighted by molar-refractivity contribution is -0.119. The molecular weight excluding hydrogens is 396 g/mol. The molecule has 0 saturated heterocycles. The van der Waals surface area contributed by atoms with E-state index in [2.05, 4.69) is 31.9 Å². The van der Waals surface area contributed by atoms with Crippen molar-refractivity contribution in [1.29, 1.82) is 0 Å². The molecule has 0 saturated carbocycles. The number of carbonyl (C=O) groups is 6. The van der Waals surface area contributed by atoms with Gasteiger partial charge in [-0.15, -0.1) is 0 Å². The maximum atomic E-state index is 9.70. The molecule has 0 bridgehead atoms. The molecule has 0 aromatic carbocycles. The monoisotopic (exact) mass is 438 g/mol. The van der Waals surface area contributed by atoms with Gasteiger partial charge in [-0.05, 0) is 0 Å². The third-order valence-electron chi connectivity index (χ3n) is 2.11. The van der Waals surface area contributed by atoms with Crippen molar-refractivity contribution in [2.45, 2.75) is 41.5 Å². The van der Waals surface area contributed by atoms with Crippen molar-refractivity contribution in [2.24, 2.45) is 0 Å². The van der Waals surface area contributed by atoms with E-state index in [-0.39, 0.29) is 35.4 Å². The molecule has 0 aliphatic heterocycles. The van der Waals surface area contributed by atoms with Crippen LogP contribution in [0, 0.1) is 0 Å². The summed E-state index contributed by atoms with van der Waals surface area (Å²) in [6.45, 7) is 8.83. The Morgan fingerprint density at radius 2 is 0.333 bits per heavy atom. The molecule has 0 aromatic heterocycles. The highest BCUT2D eigenvalue weighted by molar-refractivity contribution is 5.73. The van der Waals surface area contributed by atoms with Gasteiger partial charge in [0, 0.05) is 83.8 Å². The molecule has 0 unspecified atom stereocenters.